The Labute approximate surface area is 134 Å². The summed E-state index contributed by atoms with van der Waals surface area (Å²) in [5, 5.41) is 2.76. The standard InChI is InChI=1S/C16H17FN2O3S/c1-11(12-7-9-13(17)10-8-12)18-16(20)14-5-3-4-6-15(14)19-23(2,21)22/h3-11,19H,1-2H3,(H,18,20)/t11-/m0/s1. The third-order valence-electron chi connectivity index (χ3n) is 3.18. The second-order valence-corrected chi connectivity index (χ2v) is 6.91. The molecule has 0 spiro atoms. The molecule has 2 rings (SSSR count). The molecule has 0 aliphatic heterocycles. The Morgan fingerprint density at radius 2 is 1.70 bits per heavy atom. The van der Waals surface area contributed by atoms with Gasteiger partial charge in [-0.3, -0.25) is 9.52 Å². The second-order valence-electron chi connectivity index (χ2n) is 5.17. The number of amides is 1. The molecular formula is C16H17FN2O3S. The number of para-hydroxylation sites is 1. The van der Waals surface area contributed by atoms with Gasteiger partial charge >= 0.3 is 0 Å². The van der Waals surface area contributed by atoms with E-state index >= 15 is 0 Å². The highest BCUT2D eigenvalue weighted by Crippen LogP contribution is 2.19. The Balaban J connectivity index is 2.19. The van der Waals surface area contributed by atoms with E-state index in [1.807, 2.05) is 0 Å². The fraction of sp³-hybridized carbons (Fsp3) is 0.188. The Hall–Kier alpha value is -2.41. The molecule has 0 bridgehead atoms. The molecule has 0 unspecified atom stereocenters. The van der Waals surface area contributed by atoms with Crippen LogP contribution in [0.5, 0.6) is 0 Å². The maximum absolute atomic E-state index is 12.9. The van der Waals surface area contributed by atoms with E-state index in [2.05, 4.69) is 10.0 Å². The summed E-state index contributed by atoms with van der Waals surface area (Å²) in [6, 6.07) is 11.8. The van der Waals surface area contributed by atoms with Crippen molar-refractivity contribution in [2.75, 3.05) is 11.0 Å². The van der Waals surface area contributed by atoms with Crippen molar-refractivity contribution < 1.29 is 17.6 Å². The van der Waals surface area contributed by atoms with Gasteiger partial charge in [-0.2, -0.15) is 0 Å². The summed E-state index contributed by atoms with van der Waals surface area (Å²) in [6.45, 7) is 1.76. The molecule has 23 heavy (non-hydrogen) atoms. The van der Waals surface area contributed by atoms with Crippen molar-refractivity contribution in [2.24, 2.45) is 0 Å². The molecule has 0 aliphatic carbocycles. The fourth-order valence-corrected chi connectivity index (χ4v) is 2.66. The van der Waals surface area contributed by atoms with E-state index in [9.17, 15) is 17.6 Å². The van der Waals surface area contributed by atoms with E-state index in [-0.39, 0.29) is 23.1 Å². The SMILES string of the molecule is C[C@H](NC(=O)c1ccccc1NS(C)(=O)=O)c1ccc(F)cc1. The normalized spacial score (nSPS) is 12.5. The molecule has 5 nitrogen and oxygen atoms in total. The zero-order valence-electron chi connectivity index (χ0n) is 12.7. The lowest BCUT2D eigenvalue weighted by Crippen LogP contribution is -2.27. The van der Waals surface area contributed by atoms with Gasteiger partial charge in [-0.15, -0.1) is 0 Å². The molecular weight excluding hydrogens is 319 g/mol. The van der Waals surface area contributed by atoms with Crippen LogP contribution in [-0.4, -0.2) is 20.6 Å². The first-order valence-corrected chi connectivity index (χ1v) is 8.78. The Kier molecular flexibility index (Phi) is 5.00. The van der Waals surface area contributed by atoms with E-state index in [0.717, 1.165) is 11.8 Å². The van der Waals surface area contributed by atoms with Gasteiger partial charge in [0.05, 0.1) is 23.5 Å². The average Bonchev–Trinajstić information content (AvgIpc) is 2.46. The monoisotopic (exact) mass is 336 g/mol. The van der Waals surface area contributed by atoms with Crippen LogP contribution in [0.2, 0.25) is 0 Å². The van der Waals surface area contributed by atoms with Crippen molar-refractivity contribution in [3.8, 4) is 0 Å². The van der Waals surface area contributed by atoms with Crippen LogP contribution in [0.4, 0.5) is 10.1 Å². The maximum Gasteiger partial charge on any atom is 0.253 e. The maximum atomic E-state index is 12.9. The molecule has 0 aliphatic rings. The molecule has 0 heterocycles. The summed E-state index contributed by atoms with van der Waals surface area (Å²) in [5.74, 6) is -0.774. The van der Waals surface area contributed by atoms with E-state index in [1.165, 1.54) is 24.3 Å². The van der Waals surface area contributed by atoms with Crippen LogP contribution in [0.15, 0.2) is 48.5 Å². The lowest BCUT2D eigenvalue weighted by molar-refractivity contribution is 0.0941. The van der Waals surface area contributed by atoms with Gasteiger partial charge in [-0.25, -0.2) is 12.8 Å². The summed E-state index contributed by atoms with van der Waals surface area (Å²) in [7, 11) is -3.49. The van der Waals surface area contributed by atoms with Gasteiger partial charge in [0.2, 0.25) is 10.0 Å². The van der Waals surface area contributed by atoms with Gasteiger partial charge in [0.15, 0.2) is 0 Å². The van der Waals surface area contributed by atoms with Crippen molar-refractivity contribution >= 4 is 21.6 Å². The molecule has 2 aromatic rings. The quantitative estimate of drug-likeness (QED) is 0.881. The number of halogens is 1. The topological polar surface area (TPSA) is 75.3 Å². The van der Waals surface area contributed by atoms with Crippen molar-refractivity contribution in [1.29, 1.82) is 0 Å². The van der Waals surface area contributed by atoms with Gasteiger partial charge in [0.25, 0.3) is 5.91 Å². The molecule has 0 aromatic heterocycles. The van der Waals surface area contributed by atoms with Gasteiger partial charge in [-0.1, -0.05) is 24.3 Å². The van der Waals surface area contributed by atoms with E-state index < -0.39 is 15.9 Å². The number of rotatable bonds is 5. The molecule has 122 valence electrons. The van der Waals surface area contributed by atoms with Crippen LogP contribution in [0.3, 0.4) is 0 Å². The summed E-state index contributed by atoms with van der Waals surface area (Å²) in [5.41, 5.74) is 1.17. The minimum atomic E-state index is -3.49. The number of benzene rings is 2. The Bertz CT molecular complexity index is 804. The molecule has 0 fully saturated rings. The zero-order valence-corrected chi connectivity index (χ0v) is 13.5. The zero-order chi connectivity index (χ0) is 17.0. The van der Waals surface area contributed by atoms with Crippen molar-refractivity contribution in [1.82, 2.24) is 5.32 Å². The summed E-state index contributed by atoms with van der Waals surface area (Å²) >= 11 is 0. The highest BCUT2D eigenvalue weighted by Gasteiger charge is 2.16. The number of sulfonamides is 1. The Morgan fingerprint density at radius 1 is 1.09 bits per heavy atom. The number of carbonyl (C=O) groups excluding carboxylic acids is 1. The molecule has 0 radical (unpaired) electrons. The first kappa shape index (κ1) is 17.0. The predicted molar refractivity (Wildman–Crippen MR) is 87.2 cm³/mol. The van der Waals surface area contributed by atoms with Gasteiger partial charge in [0, 0.05) is 0 Å². The van der Waals surface area contributed by atoms with Gasteiger partial charge in [0.1, 0.15) is 5.82 Å². The van der Waals surface area contributed by atoms with Crippen molar-refractivity contribution in [3.63, 3.8) is 0 Å². The Morgan fingerprint density at radius 3 is 2.30 bits per heavy atom. The van der Waals surface area contributed by atoms with E-state index in [0.29, 0.717) is 0 Å². The molecule has 0 saturated carbocycles. The number of carbonyl (C=O) groups is 1. The third-order valence-corrected chi connectivity index (χ3v) is 3.78. The lowest BCUT2D eigenvalue weighted by atomic mass is 10.1. The first-order valence-electron chi connectivity index (χ1n) is 6.89. The van der Waals surface area contributed by atoms with Crippen molar-refractivity contribution in [2.45, 2.75) is 13.0 Å². The highest BCUT2D eigenvalue weighted by atomic mass is 32.2. The summed E-state index contributed by atoms with van der Waals surface area (Å²) < 4.78 is 38.0. The number of hydrogen-bond acceptors (Lipinski definition) is 3. The van der Waals surface area contributed by atoms with Gasteiger partial charge < -0.3 is 5.32 Å². The molecule has 7 heteroatoms. The number of anilines is 1. The third kappa shape index (κ3) is 4.79. The predicted octanol–water partition coefficient (Wildman–Crippen LogP) is 2.69. The second kappa shape index (κ2) is 6.78. The first-order chi connectivity index (χ1) is 10.8. The highest BCUT2D eigenvalue weighted by molar-refractivity contribution is 7.92. The minimum absolute atomic E-state index is 0.207. The van der Waals surface area contributed by atoms with Gasteiger partial charge in [-0.05, 0) is 36.8 Å². The molecule has 1 atom stereocenters. The van der Waals surface area contributed by atoms with Crippen molar-refractivity contribution in [3.05, 3.63) is 65.5 Å². The number of nitrogens with one attached hydrogen (secondary N) is 2. The lowest BCUT2D eigenvalue weighted by Gasteiger charge is -2.16. The van der Waals surface area contributed by atoms with Crippen LogP contribution in [-0.2, 0) is 10.0 Å². The van der Waals surface area contributed by atoms with Crippen LogP contribution in [0.1, 0.15) is 28.9 Å². The summed E-state index contributed by atoms with van der Waals surface area (Å²) in [4.78, 5) is 12.4. The molecule has 2 aromatic carbocycles. The van der Waals surface area contributed by atoms with E-state index in [1.54, 1.807) is 31.2 Å². The average molecular weight is 336 g/mol. The van der Waals surface area contributed by atoms with Crippen LogP contribution < -0.4 is 10.0 Å². The van der Waals surface area contributed by atoms with E-state index in [4.69, 9.17) is 0 Å². The fourth-order valence-electron chi connectivity index (χ4n) is 2.08. The van der Waals surface area contributed by atoms with Crippen LogP contribution in [0.25, 0.3) is 0 Å². The van der Waals surface area contributed by atoms with Crippen LogP contribution in [0, 0.1) is 5.82 Å². The summed E-state index contributed by atoms with van der Waals surface area (Å²) in [6.07, 6.45) is 1.02. The molecule has 0 saturated heterocycles. The minimum Gasteiger partial charge on any atom is -0.345 e. The molecule has 2 N–H and O–H groups in total. The smallest absolute Gasteiger partial charge is 0.253 e. The largest absolute Gasteiger partial charge is 0.345 e. The van der Waals surface area contributed by atoms with Crippen LogP contribution >= 0.6 is 0 Å². The number of hydrogen-bond donors (Lipinski definition) is 2. The molecule has 1 amide bonds.